The van der Waals surface area contributed by atoms with Gasteiger partial charge in [-0.2, -0.15) is 5.26 Å². The second-order valence-electron chi connectivity index (χ2n) is 3.24. The predicted octanol–water partition coefficient (Wildman–Crippen LogP) is 0.380. The van der Waals surface area contributed by atoms with Crippen LogP contribution in [0.2, 0.25) is 0 Å². The Morgan fingerprint density at radius 1 is 1.57 bits per heavy atom. The lowest BCUT2D eigenvalue weighted by Gasteiger charge is -2.22. The van der Waals surface area contributed by atoms with Crippen molar-refractivity contribution < 1.29 is 4.79 Å². The number of hydrogen-bond donors (Lipinski definition) is 2. The maximum atomic E-state index is 11.2. The summed E-state index contributed by atoms with van der Waals surface area (Å²) in [5.41, 5.74) is 7.72. The van der Waals surface area contributed by atoms with Crippen LogP contribution in [0, 0.1) is 11.3 Å². The third-order valence-electron chi connectivity index (χ3n) is 2.32. The highest BCUT2D eigenvalue weighted by atomic mass is 16.2. The minimum absolute atomic E-state index is 0.187. The number of amides is 1. The van der Waals surface area contributed by atoms with Crippen molar-refractivity contribution in [2.75, 3.05) is 5.32 Å². The smallest absolute Gasteiger partial charge is 0.241 e. The van der Waals surface area contributed by atoms with Crippen LogP contribution in [-0.4, -0.2) is 11.9 Å². The molecule has 3 N–H and O–H groups in total. The van der Waals surface area contributed by atoms with Crippen molar-refractivity contribution >= 4 is 11.6 Å². The summed E-state index contributed by atoms with van der Waals surface area (Å²) in [7, 11) is 0. The normalized spacial score (nSPS) is 19.4. The molecule has 70 valence electrons. The second kappa shape index (κ2) is 3.13. The third-order valence-corrected chi connectivity index (χ3v) is 2.32. The maximum absolute atomic E-state index is 11.2. The van der Waals surface area contributed by atoms with Gasteiger partial charge in [0.2, 0.25) is 5.91 Å². The summed E-state index contributed by atoms with van der Waals surface area (Å²) in [6, 6.07) is 6.79. The van der Waals surface area contributed by atoms with Gasteiger partial charge in [0.05, 0.1) is 17.7 Å². The summed E-state index contributed by atoms with van der Waals surface area (Å²) < 4.78 is 0. The van der Waals surface area contributed by atoms with Gasteiger partial charge in [0.15, 0.2) is 0 Å². The molecule has 0 bridgehead atoms. The van der Waals surface area contributed by atoms with Crippen molar-refractivity contribution in [2.24, 2.45) is 5.73 Å². The second-order valence-corrected chi connectivity index (χ2v) is 3.24. The molecule has 1 heterocycles. The Balaban J connectivity index is 2.52. The lowest BCUT2D eigenvalue weighted by atomic mass is 9.95. The van der Waals surface area contributed by atoms with E-state index in [4.69, 9.17) is 11.0 Å². The molecule has 1 aliphatic rings. The number of hydrogen-bond acceptors (Lipinski definition) is 3. The van der Waals surface area contributed by atoms with E-state index in [1.54, 1.807) is 18.2 Å². The van der Waals surface area contributed by atoms with E-state index in [0.717, 1.165) is 5.56 Å². The van der Waals surface area contributed by atoms with Gasteiger partial charge in [0, 0.05) is 5.69 Å². The number of nitriles is 1. The van der Waals surface area contributed by atoms with Gasteiger partial charge in [-0.05, 0) is 24.1 Å². The zero-order valence-corrected chi connectivity index (χ0v) is 7.45. The standard InChI is InChI=1S/C10H9N3O/c11-5-6-2-1-3-9-7(6)4-8(12)10(14)13-9/h1-3,8H,4,12H2,(H,13,14). The van der Waals surface area contributed by atoms with Crippen LogP contribution in [-0.2, 0) is 11.2 Å². The summed E-state index contributed by atoms with van der Waals surface area (Å²) in [4.78, 5) is 11.2. The fraction of sp³-hybridized carbons (Fsp3) is 0.200. The first kappa shape index (κ1) is 8.73. The molecular weight excluding hydrogens is 178 g/mol. The zero-order chi connectivity index (χ0) is 10.1. The van der Waals surface area contributed by atoms with Gasteiger partial charge in [-0.1, -0.05) is 6.07 Å². The predicted molar refractivity (Wildman–Crippen MR) is 51.5 cm³/mol. The van der Waals surface area contributed by atoms with E-state index >= 15 is 0 Å². The lowest BCUT2D eigenvalue weighted by molar-refractivity contribution is -0.117. The monoisotopic (exact) mass is 187 g/mol. The van der Waals surface area contributed by atoms with Crippen LogP contribution in [0.15, 0.2) is 18.2 Å². The van der Waals surface area contributed by atoms with Crippen molar-refractivity contribution in [2.45, 2.75) is 12.5 Å². The topological polar surface area (TPSA) is 78.9 Å². The first-order valence-electron chi connectivity index (χ1n) is 4.31. The number of carbonyl (C=O) groups excluding carboxylic acids is 1. The summed E-state index contributed by atoms with van der Waals surface area (Å²) in [6.07, 6.45) is 0.435. The molecule has 14 heavy (non-hydrogen) atoms. The lowest BCUT2D eigenvalue weighted by Crippen LogP contribution is -2.41. The van der Waals surface area contributed by atoms with E-state index in [-0.39, 0.29) is 5.91 Å². The molecule has 0 fully saturated rings. The Labute approximate surface area is 81.3 Å². The largest absolute Gasteiger partial charge is 0.324 e. The van der Waals surface area contributed by atoms with Crippen LogP contribution in [0.5, 0.6) is 0 Å². The van der Waals surface area contributed by atoms with Gasteiger partial charge in [-0.25, -0.2) is 0 Å². The maximum Gasteiger partial charge on any atom is 0.241 e. The highest BCUT2D eigenvalue weighted by Crippen LogP contribution is 2.24. The molecule has 0 spiro atoms. The van der Waals surface area contributed by atoms with Crippen LogP contribution < -0.4 is 11.1 Å². The molecule has 0 radical (unpaired) electrons. The summed E-state index contributed by atoms with van der Waals surface area (Å²) in [5.74, 6) is -0.187. The van der Waals surface area contributed by atoms with E-state index in [0.29, 0.717) is 17.7 Å². The van der Waals surface area contributed by atoms with Crippen molar-refractivity contribution in [3.63, 3.8) is 0 Å². The van der Waals surface area contributed by atoms with Gasteiger partial charge in [0.1, 0.15) is 0 Å². The van der Waals surface area contributed by atoms with E-state index in [2.05, 4.69) is 11.4 Å². The molecule has 4 nitrogen and oxygen atoms in total. The Morgan fingerprint density at radius 3 is 3.07 bits per heavy atom. The molecule has 1 aromatic carbocycles. The van der Waals surface area contributed by atoms with Gasteiger partial charge >= 0.3 is 0 Å². The molecule has 1 aliphatic heterocycles. The molecule has 0 aromatic heterocycles. The number of nitrogens with zero attached hydrogens (tertiary/aromatic N) is 1. The SMILES string of the molecule is N#Cc1cccc2c1CC(N)C(=O)N2. The Morgan fingerprint density at radius 2 is 2.36 bits per heavy atom. The molecule has 2 rings (SSSR count). The zero-order valence-electron chi connectivity index (χ0n) is 7.45. The average Bonchev–Trinajstić information content (AvgIpc) is 2.19. The van der Waals surface area contributed by atoms with Crippen molar-refractivity contribution in [3.05, 3.63) is 29.3 Å². The molecule has 4 heteroatoms. The van der Waals surface area contributed by atoms with Crippen LogP contribution in [0.3, 0.4) is 0 Å². The van der Waals surface area contributed by atoms with Gasteiger partial charge < -0.3 is 11.1 Å². The van der Waals surface area contributed by atoms with E-state index in [1.807, 2.05) is 0 Å². The highest BCUT2D eigenvalue weighted by molar-refractivity contribution is 5.98. The molecular formula is C10H9N3O. The molecule has 0 aliphatic carbocycles. The summed E-state index contributed by atoms with van der Waals surface area (Å²) in [5, 5.41) is 11.5. The molecule has 1 unspecified atom stereocenters. The number of nitrogens with two attached hydrogens (primary N) is 1. The van der Waals surface area contributed by atoms with Crippen molar-refractivity contribution in [1.82, 2.24) is 0 Å². The van der Waals surface area contributed by atoms with E-state index < -0.39 is 6.04 Å². The molecule has 1 atom stereocenters. The van der Waals surface area contributed by atoms with Crippen molar-refractivity contribution in [3.8, 4) is 6.07 Å². The van der Waals surface area contributed by atoms with E-state index in [1.165, 1.54) is 0 Å². The minimum Gasteiger partial charge on any atom is -0.324 e. The minimum atomic E-state index is -0.544. The molecule has 1 aromatic rings. The van der Waals surface area contributed by atoms with Gasteiger partial charge in [-0.3, -0.25) is 4.79 Å². The third kappa shape index (κ3) is 1.24. The summed E-state index contributed by atoms with van der Waals surface area (Å²) in [6.45, 7) is 0. The Hall–Kier alpha value is -1.86. The Kier molecular flexibility index (Phi) is 1.95. The average molecular weight is 187 g/mol. The molecule has 0 saturated heterocycles. The van der Waals surface area contributed by atoms with Crippen molar-refractivity contribution in [1.29, 1.82) is 5.26 Å². The molecule has 0 saturated carbocycles. The fourth-order valence-electron chi connectivity index (χ4n) is 1.57. The molecule has 1 amide bonds. The first-order chi connectivity index (χ1) is 6.72. The number of nitrogens with one attached hydrogen (secondary N) is 1. The Bertz CT molecular complexity index is 433. The number of benzene rings is 1. The van der Waals surface area contributed by atoms with Gasteiger partial charge in [-0.15, -0.1) is 0 Å². The fourth-order valence-corrected chi connectivity index (χ4v) is 1.57. The number of carbonyl (C=O) groups is 1. The van der Waals surface area contributed by atoms with E-state index in [9.17, 15) is 4.79 Å². The quantitative estimate of drug-likeness (QED) is 0.616. The van der Waals surface area contributed by atoms with Crippen LogP contribution in [0.4, 0.5) is 5.69 Å². The number of rotatable bonds is 0. The summed E-state index contributed by atoms with van der Waals surface area (Å²) >= 11 is 0. The first-order valence-corrected chi connectivity index (χ1v) is 4.31. The number of fused-ring (bicyclic) bond motifs is 1. The highest BCUT2D eigenvalue weighted by Gasteiger charge is 2.24. The van der Waals surface area contributed by atoms with Crippen LogP contribution in [0.1, 0.15) is 11.1 Å². The van der Waals surface area contributed by atoms with Gasteiger partial charge in [0.25, 0.3) is 0 Å². The van der Waals surface area contributed by atoms with Crippen LogP contribution in [0.25, 0.3) is 0 Å². The van der Waals surface area contributed by atoms with Crippen LogP contribution >= 0.6 is 0 Å². The number of anilines is 1.